The molecule has 0 radical (unpaired) electrons. The number of rotatable bonds is 11. The number of pyridine rings is 1. The van der Waals surface area contributed by atoms with E-state index in [1.165, 1.54) is 12.1 Å². The zero-order valence-corrected chi connectivity index (χ0v) is 24.7. The molecule has 3 N–H and O–H groups in total. The van der Waals surface area contributed by atoms with Crippen LogP contribution in [-0.4, -0.2) is 57.3 Å². The number of piperidine rings is 1. The van der Waals surface area contributed by atoms with Crippen LogP contribution in [0.15, 0.2) is 66.9 Å². The van der Waals surface area contributed by atoms with E-state index in [-0.39, 0.29) is 18.0 Å². The Kier molecular flexibility index (Phi) is 10.1. The molecular formula is C33H35FN4O6. The molecule has 2 amide bonds. The van der Waals surface area contributed by atoms with Crippen LogP contribution in [0.25, 0.3) is 10.9 Å². The number of hydrogen-bond donors (Lipinski definition) is 3. The second-order valence-electron chi connectivity index (χ2n) is 10.4. The second kappa shape index (κ2) is 14.5. The predicted octanol–water partition coefficient (Wildman–Crippen LogP) is 4.86. The third-order valence-electron chi connectivity index (χ3n) is 7.41. The van der Waals surface area contributed by atoms with Gasteiger partial charge in [0.25, 0.3) is 0 Å². The number of carbonyl (C=O) groups is 2. The van der Waals surface area contributed by atoms with Gasteiger partial charge >= 0.3 is 11.8 Å². The number of aromatic nitrogens is 1. The highest BCUT2D eigenvalue weighted by molar-refractivity contribution is 6.39. The van der Waals surface area contributed by atoms with Crippen LogP contribution in [-0.2, 0) is 16.0 Å². The summed E-state index contributed by atoms with van der Waals surface area (Å²) in [6, 6.07) is 16.5. The van der Waals surface area contributed by atoms with E-state index in [1.807, 2.05) is 24.3 Å². The summed E-state index contributed by atoms with van der Waals surface area (Å²) in [6.45, 7) is 2.77. The lowest BCUT2D eigenvalue weighted by molar-refractivity contribution is -0.136. The fourth-order valence-electron chi connectivity index (χ4n) is 5.01. The van der Waals surface area contributed by atoms with Gasteiger partial charge in [0.2, 0.25) is 0 Å². The Morgan fingerprint density at radius 1 is 0.909 bits per heavy atom. The highest BCUT2D eigenvalue weighted by Crippen LogP contribution is 2.38. The van der Waals surface area contributed by atoms with Gasteiger partial charge in [0, 0.05) is 35.9 Å². The lowest BCUT2D eigenvalue weighted by Crippen LogP contribution is -2.36. The molecule has 44 heavy (non-hydrogen) atoms. The summed E-state index contributed by atoms with van der Waals surface area (Å²) < 4.78 is 38.0. The molecule has 4 aromatic rings. The maximum absolute atomic E-state index is 15.1. The van der Waals surface area contributed by atoms with E-state index in [0.29, 0.717) is 52.8 Å². The van der Waals surface area contributed by atoms with E-state index in [1.54, 1.807) is 38.6 Å². The minimum Gasteiger partial charge on any atom is -0.496 e. The average molecular weight is 603 g/mol. The number of nitrogens with zero attached hydrogens (tertiary/aromatic N) is 1. The molecule has 3 aromatic carbocycles. The van der Waals surface area contributed by atoms with Gasteiger partial charge in [-0.2, -0.15) is 0 Å². The van der Waals surface area contributed by atoms with Crippen molar-refractivity contribution in [2.24, 2.45) is 5.92 Å². The van der Waals surface area contributed by atoms with Gasteiger partial charge < -0.3 is 34.9 Å². The van der Waals surface area contributed by atoms with Crippen molar-refractivity contribution in [1.82, 2.24) is 15.6 Å². The Morgan fingerprint density at radius 2 is 1.70 bits per heavy atom. The summed E-state index contributed by atoms with van der Waals surface area (Å²) in [5.74, 6) is 0.0875. The SMILES string of the molecule is COc1ccccc1CCNC(=O)C(=O)Nc1ccc(Oc2ccnc3cc(OCC4CCNCC4)c(OC)cc23)c(F)c1. The first-order chi connectivity index (χ1) is 21.4. The molecule has 5 rings (SSSR count). The molecule has 1 fully saturated rings. The van der Waals surface area contributed by atoms with E-state index in [9.17, 15) is 9.59 Å². The summed E-state index contributed by atoms with van der Waals surface area (Å²) in [5, 5.41) is 8.94. The molecule has 0 unspecified atom stereocenters. The topological polar surface area (TPSA) is 120 Å². The molecule has 0 aliphatic carbocycles. The summed E-state index contributed by atoms with van der Waals surface area (Å²) in [6.07, 6.45) is 4.15. The van der Waals surface area contributed by atoms with Crippen molar-refractivity contribution in [3.8, 4) is 28.7 Å². The lowest BCUT2D eigenvalue weighted by atomic mass is 9.99. The van der Waals surface area contributed by atoms with Gasteiger partial charge in [0.05, 0.1) is 26.3 Å². The lowest BCUT2D eigenvalue weighted by Gasteiger charge is -2.23. The number of hydrogen-bond acceptors (Lipinski definition) is 8. The van der Waals surface area contributed by atoms with Gasteiger partial charge in [0.1, 0.15) is 11.5 Å². The normalized spacial score (nSPS) is 13.2. The van der Waals surface area contributed by atoms with Crippen molar-refractivity contribution in [3.63, 3.8) is 0 Å². The Balaban J connectivity index is 1.21. The maximum atomic E-state index is 15.1. The third-order valence-corrected chi connectivity index (χ3v) is 7.41. The summed E-state index contributed by atoms with van der Waals surface area (Å²) in [4.78, 5) is 29.1. The van der Waals surface area contributed by atoms with Gasteiger partial charge in [0.15, 0.2) is 23.1 Å². The van der Waals surface area contributed by atoms with Gasteiger partial charge in [-0.3, -0.25) is 14.6 Å². The second-order valence-corrected chi connectivity index (χ2v) is 10.4. The number of anilines is 1. The Morgan fingerprint density at radius 3 is 2.48 bits per heavy atom. The van der Waals surface area contributed by atoms with E-state index in [2.05, 4.69) is 20.9 Å². The molecule has 0 atom stereocenters. The number of fused-ring (bicyclic) bond motifs is 1. The molecule has 0 bridgehead atoms. The van der Waals surface area contributed by atoms with Gasteiger partial charge in [-0.05, 0) is 74.2 Å². The maximum Gasteiger partial charge on any atom is 0.313 e. The molecule has 2 heterocycles. The first-order valence-electron chi connectivity index (χ1n) is 14.4. The van der Waals surface area contributed by atoms with Crippen LogP contribution in [0.1, 0.15) is 18.4 Å². The number of para-hydroxylation sites is 1. The van der Waals surface area contributed by atoms with E-state index in [0.717, 1.165) is 37.6 Å². The van der Waals surface area contributed by atoms with Crippen molar-refractivity contribution in [1.29, 1.82) is 0 Å². The van der Waals surface area contributed by atoms with E-state index >= 15 is 4.39 Å². The van der Waals surface area contributed by atoms with Crippen molar-refractivity contribution in [2.45, 2.75) is 19.3 Å². The predicted molar refractivity (Wildman–Crippen MR) is 164 cm³/mol. The van der Waals surface area contributed by atoms with Crippen molar-refractivity contribution in [2.75, 3.05) is 45.8 Å². The van der Waals surface area contributed by atoms with Crippen LogP contribution in [0.4, 0.5) is 10.1 Å². The molecule has 10 nitrogen and oxygen atoms in total. The Hall–Kier alpha value is -4.90. The molecule has 230 valence electrons. The first kappa shape index (κ1) is 30.6. The minimum atomic E-state index is -0.913. The Bertz CT molecular complexity index is 1630. The third kappa shape index (κ3) is 7.54. The van der Waals surface area contributed by atoms with Crippen LogP contribution < -0.4 is 34.9 Å². The summed E-state index contributed by atoms with van der Waals surface area (Å²) in [5.41, 5.74) is 1.61. The summed E-state index contributed by atoms with van der Waals surface area (Å²) in [7, 11) is 3.13. The quantitative estimate of drug-likeness (QED) is 0.208. The van der Waals surface area contributed by atoms with Crippen LogP contribution in [0.5, 0.6) is 28.7 Å². The van der Waals surface area contributed by atoms with Gasteiger partial charge in [-0.25, -0.2) is 4.39 Å². The zero-order valence-electron chi connectivity index (χ0n) is 24.7. The summed E-state index contributed by atoms with van der Waals surface area (Å²) >= 11 is 0. The fraction of sp³-hybridized carbons (Fsp3) is 0.303. The van der Waals surface area contributed by atoms with Crippen molar-refractivity contribution in [3.05, 3.63) is 78.2 Å². The molecule has 11 heteroatoms. The van der Waals surface area contributed by atoms with E-state index < -0.39 is 17.6 Å². The number of methoxy groups -OCH3 is 2. The highest BCUT2D eigenvalue weighted by Gasteiger charge is 2.18. The van der Waals surface area contributed by atoms with Crippen molar-refractivity contribution >= 4 is 28.4 Å². The molecule has 0 spiro atoms. The molecule has 1 aliphatic heterocycles. The molecular weight excluding hydrogens is 567 g/mol. The van der Waals surface area contributed by atoms with Crippen LogP contribution >= 0.6 is 0 Å². The standard InChI is InChI=1S/C33H35FN4O6/c1-41-27-6-4-3-5-22(27)11-15-37-32(39)33(40)38-23-7-8-29(25(34)17-23)44-28-12-16-36-26-19-31(30(42-2)18-24(26)28)43-20-21-9-13-35-14-10-21/h3-8,12,16-19,21,35H,9-11,13-15,20H2,1-2H3,(H,37,39)(H,38,40). The number of amides is 2. The van der Waals surface area contributed by atoms with Gasteiger partial charge in [-0.1, -0.05) is 18.2 Å². The number of benzene rings is 3. The molecule has 0 saturated carbocycles. The first-order valence-corrected chi connectivity index (χ1v) is 14.4. The number of ether oxygens (including phenoxy) is 4. The molecule has 1 saturated heterocycles. The van der Waals surface area contributed by atoms with Crippen molar-refractivity contribution < 1.29 is 32.9 Å². The Labute approximate surface area is 254 Å². The highest BCUT2D eigenvalue weighted by atomic mass is 19.1. The van der Waals surface area contributed by atoms with Gasteiger partial charge in [-0.15, -0.1) is 0 Å². The molecule has 1 aliphatic rings. The van der Waals surface area contributed by atoms with E-state index in [4.69, 9.17) is 18.9 Å². The number of nitrogens with one attached hydrogen (secondary N) is 3. The zero-order chi connectivity index (χ0) is 30.9. The monoisotopic (exact) mass is 602 g/mol. The molecule has 1 aromatic heterocycles. The smallest absolute Gasteiger partial charge is 0.313 e. The number of halogens is 1. The van der Waals surface area contributed by atoms with Crippen LogP contribution in [0, 0.1) is 11.7 Å². The minimum absolute atomic E-state index is 0.0676. The number of carbonyl (C=O) groups excluding carboxylic acids is 2. The average Bonchev–Trinajstić information content (AvgIpc) is 3.05. The van der Waals surface area contributed by atoms with Crippen LogP contribution in [0.3, 0.4) is 0 Å². The van der Waals surface area contributed by atoms with Crippen LogP contribution in [0.2, 0.25) is 0 Å². The fourth-order valence-corrected chi connectivity index (χ4v) is 5.01. The largest absolute Gasteiger partial charge is 0.496 e.